The maximum absolute atomic E-state index is 12.5. The summed E-state index contributed by atoms with van der Waals surface area (Å²) in [4.78, 5) is 33.3. The fraction of sp³-hybridized carbons (Fsp3) is 0.381. The lowest BCUT2D eigenvalue weighted by Gasteiger charge is -2.13. The molecular weight excluding hydrogens is 418 g/mol. The van der Waals surface area contributed by atoms with E-state index >= 15 is 0 Å². The fourth-order valence-electron chi connectivity index (χ4n) is 3.01. The van der Waals surface area contributed by atoms with Gasteiger partial charge in [0.2, 0.25) is 5.16 Å². The van der Waals surface area contributed by atoms with Gasteiger partial charge >= 0.3 is 5.97 Å². The van der Waals surface area contributed by atoms with Crippen molar-refractivity contribution in [1.29, 1.82) is 0 Å². The van der Waals surface area contributed by atoms with E-state index in [1.807, 2.05) is 32.0 Å². The van der Waals surface area contributed by atoms with Crippen molar-refractivity contribution in [3.63, 3.8) is 0 Å². The number of fused-ring (bicyclic) bond motifs is 1. The second-order valence-corrected chi connectivity index (χ2v) is 8.03. The fourth-order valence-corrected chi connectivity index (χ4v) is 3.84. The van der Waals surface area contributed by atoms with E-state index in [2.05, 4.69) is 20.4 Å². The van der Waals surface area contributed by atoms with Crippen LogP contribution in [0.2, 0.25) is 0 Å². The number of aryl methyl sites for hydroxylation is 2. The highest BCUT2D eigenvalue weighted by Crippen LogP contribution is 2.23. The van der Waals surface area contributed by atoms with Gasteiger partial charge in [0.15, 0.2) is 6.61 Å². The molecule has 0 spiro atoms. The highest BCUT2D eigenvalue weighted by molar-refractivity contribution is 7.98. The summed E-state index contributed by atoms with van der Waals surface area (Å²) in [7, 11) is 1.55. The second kappa shape index (κ2) is 10.4. The van der Waals surface area contributed by atoms with Gasteiger partial charge in [0.25, 0.3) is 11.7 Å². The Hall–Kier alpha value is -2.98. The summed E-state index contributed by atoms with van der Waals surface area (Å²) in [5, 5.41) is 7.74. The van der Waals surface area contributed by atoms with Crippen molar-refractivity contribution in [3.8, 4) is 0 Å². The Morgan fingerprint density at radius 1 is 1.23 bits per heavy atom. The van der Waals surface area contributed by atoms with Crippen molar-refractivity contribution in [2.24, 2.45) is 0 Å². The number of hydrogen-bond acceptors (Lipinski definition) is 8. The molecule has 1 atom stereocenters. The molecule has 0 fully saturated rings. The number of thioether (sulfide) groups is 1. The molecule has 1 unspecified atom stereocenters. The molecule has 10 heteroatoms. The molecule has 0 saturated carbocycles. The lowest BCUT2D eigenvalue weighted by atomic mass is 10.1. The zero-order valence-corrected chi connectivity index (χ0v) is 18.7. The average Bonchev–Trinajstić information content (AvgIpc) is 3.14. The molecule has 0 radical (unpaired) electrons. The molecule has 0 aliphatic carbocycles. The van der Waals surface area contributed by atoms with Crippen LogP contribution in [0, 0.1) is 13.8 Å². The van der Waals surface area contributed by atoms with Crippen molar-refractivity contribution in [1.82, 2.24) is 24.9 Å². The number of nitrogens with one attached hydrogen (secondary N) is 1. The number of ether oxygens (including phenoxy) is 2. The molecule has 0 bridgehead atoms. The Labute approximate surface area is 184 Å². The van der Waals surface area contributed by atoms with E-state index in [4.69, 9.17) is 9.47 Å². The lowest BCUT2D eigenvalue weighted by molar-refractivity contribution is -0.125. The van der Waals surface area contributed by atoms with E-state index in [1.54, 1.807) is 30.7 Å². The molecule has 2 aromatic heterocycles. The largest absolute Gasteiger partial charge is 0.452 e. The van der Waals surface area contributed by atoms with E-state index in [0.717, 1.165) is 17.0 Å². The van der Waals surface area contributed by atoms with Crippen molar-refractivity contribution in [2.45, 2.75) is 37.7 Å². The topological polar surface area (TPSA) is 108 Å². The Kier molecular flexibility index (Phi) is 7.59. The summed E-state index contributed by atoms with van der Waals surface area (Å²) in [5.74, 6) is 0.0807. The zero-order chi connectivity index (χ0) is 22.4. The van der Waals surface area contributed by atoms with Crippen molar-refractivity contribution < 1.29 is 19.1 Å². The van der Waals surface area contributed by atoms with Gasteiger partial charge in [-0.1, -0.05) is 30.0 Å². The third-order valence-corrected chi connectivity index (χ3v) is 5.24. The Morgan fingerprint density at radius 3 is 2.77 bits per heavy atom. The Bertz CT molecular complexity index is 1080. The first-order chi connectivity index (χ1) is 14.9. The van der Waals surface area contributed by atoms with E-state index in [-0.39, 0.29) is 18.6 Å². The van der Waals surface area contributed by atoms with Gasteiger partial charge in [0.1, 0.15) is 0 Å². The van der Waals surface area contributed by atoms with Gasteiger partial charge in [-0.2, -0.15) is 4.98 Å². The number of benzene rings is 1. The number of rotatable bonds is 9. The molecule has 3 rings (SSSR count). The molecule has 1 N–H and O–H groups in total. The van der Waals surface area contributed by atoms with Crippen LogP contribution in [0.25, 0.3) is 5.78 Å². The first-order valence-corrected chi connectivity index (χ1v) is 10.7. The van der Waals surface area contributed by atoms with Crippen molar-refractivity contribution >= 4 is 29.4 Å². The van der Waals surface area contributed by atoms with Gasteiger partial charge in [-0.3, -0.25) is 4.79 Å². The molecule has 164 valence electrons. The standard InChI is InChI=1S/C21H25N5O4S/c1-13-9-15(3)26-20(23-13)24-21(25-26)31-12-16-7-5-6-8-17(16)19(28)30-11-18(27)22-14(2)10-29-4/h5-9,14H,10-12H2,1-4H3,(H,22,27). The monoisotopic (exact) mass is 443 g/mol. The summed E-state index contributed by atoms with van der Waals surface area (Å²) >= 11 is 1.40. The van der Waals surface area contributed by atoms with Crippen molar-refractivity contribution in [3.05, 3.63) is 52.8 Å². The van der Waals surface area contributed by atoms with Crippen LogP contribution in [0.3, 0.4) is 0 Å². The predicted molar refractivity (Wildman–Crippen MR) is 116 cm³/mol. The highest BCUT2D eigenvalue weighted by Gasteiger charge is 2.16. The maximum Gasteiger partial charge on any atom is 0.338 e. The number of amides is 1. The van der Waals surface area contributed by atoms with Gasteiger partial charge < -0.3 is 14.8 Å². The zero-order valence-electron chi connectivity index (χ0n) is 17.9. The van der Waals surface area contributed by atoms with Gasteiger partial charge in [0.05, 0.1) is 12.2 Å². The molecule has 0 saturated heterocycles. The molecule has 0 aliphatic heterocycles. The molecular formula is C21H25N5O4S. The second-order valence-electron chi connectivity index (χ2n) is 7.09. The summed E-state index contributed by atoms with van der Waals surface area (Å²) in [6, 6.07) is 8.89. The number of methoxy groups -OCH3 is 1. The summed E-state index contributed by atoms with van der Waals surface area (Å²) in [5.41, 5.74) is 3.00. The van der Waals surface area contributed by atoms with Crippen LogP contribution < -0.4 is 5.32 Å². The molecule has 1 amide bonds. The molecule has 31 heavy (non-hydrogen) atoms. The van der Waals surface area contributed by atoms with Gasteiger partial charge in [-0.15, -0.1) is 5.10 Å². The van der Waals surface area contributed by atoms with E-state index in [0.29, 0.717) is 28.9 Å². The predicted octanol–water partition coefficient (Wildman–Crippen LogP) is 2.34. The van der Waals surface area contributed by atoms with Crippen molar-refractivity contribution in [2.75, 3.05) is 20.3 Å². The lowest BCUT2D eigenvalue weighted by Crippen LogP contribution is -2.38. The Morgan fingerprint density at radius 2 is 2.00 bits per heavy atom. The van der Waals surface area contributed by atoms with E-state index in [1.165, 1.54) is 11.8 Å². The summed E-state index contributed by atoms with van der Waals surface area (Å²) < 4.78 is 11.9. The first kappa shape index (κ1) is 22.7. The van der Waals surface area contributed by atoms with E-state index in [9.17, 15) is 9.59 Å². The molecule has 9 nitrogen and oxygen atoms in total. The number of esters is 1. The van der Waals surface area contributed by atoms with Crippen LogP contribution in [-0.4, -0.2) is 57.8 Å². The minimum absolute atomic E-state index is 0.167. The molecule has 3 aromatic rings. The first-order valence-electron chi connectivity index (χ1n) is 9.74. The number of carbonyl (C=O) groups is 2. The van der Waals surface area contributed by atoms with Crippen LogP contribution in [-0.2, 0) is 20.0 Å². The smallest absolute Gasteiger partial charge is 0.338 e. The van der Waals surface area contributed by atoms with Gasteiger partial charge in [0, 0.05) is 30.3 Å². The van der Waals surface area contributed by atoms with Crippen LogP contribution in [0.5, 0.6) is 0 Å². The highest BCUT2D eigenvalue weighted by atomic mass is 32.2. The third-order valence-electron chi connectivity index (χ3n) is 4.35. The van der Waals surface area contributed by atoms with Crippen LogP contribution in [0.1, 0.15) is 34.2 Å². The maximum atomic E-state index is 12.5. The van der Waals surface area contributed by atoms with Gasteiger partial charge in [-0.05, 0) is 38.5 Å². The SMILES string of the molecule is COCC(C)NC(=O)COC(=O)c1ccccc1CSc1nc2nc(C)cc(C)n2n1. The molecule has 1 aromatic carbocycles. The number of aromatic nitrogens is 4. The summed E-state index contributed by atoms with van der Waals surface area (Å²) in [6.07, 6.45) is 0. The summed E-state index contributed by atoms with van der Waals surface area (Å²) in [6.45, 7) is 5.69. The quantitative estimate of drug-likeness (QED) is 0.397. The minimum Gasteiger partial charge on any atom is -0.452 e. The Balaban J connectivity index is 1.63. The van der Waals surface area contributed by atoms with E-state index < -0.39 is 5.97 Å². The van der Waals surface area contributed by atoms with Crippen LogP contribution >= 0.6 is 11.8 Å². The number of carbonyl (C=O) groups excluding carboxylic acids is 2. The average molecular weight is 444 g/mol. The minimum atomic E-state index is -0.554. The van der Waals surface area contributed by atoms with Crippen LogP contribution in [0.15, 0.2) is 35.5 Å². The number of nitrogens with zero attached hydrogens (tertiary/aromatic N) is 4. The van der Waals surface area contributed by atoms with Gasteiger partial charge in [-0.25, -0.2) is 14.3 Å². The van der Waals surface area contributed by atoms with Crippen LogP contribution in [0.4, 0.5) is 0 Å². The molecule has 2 heterocycles. The third kappa shape index (κ3) is 6.02. The normalized spacial score (nSPS) is 12.0. The molecule has 0 aliphatic rings. The number of hydrogen-bond donors (Lipinski definition) is 1.